The summed E-state index contributed by atoms with van der Waals surface area (Å²) >= 11 is 1.45. The molecule has 0 atom stereocenters. The van der Waals surface area contributed by atoms with Gasteiger partial charge in [0.1, 0.15) is 5.78 Å². The zero-order chi connectivity index (χ0) is 16.3. The zero-order valence-electron chi connectivity index (χ0n) is 14.0. The number of carbonyl (C=O) groups is 1. The molecule has 0 aliphatic heterocycles. The fraction of sp³-hybridized carbons (Fsp3) is 0.933. The summed E-state index contributed by atoms with van der Waals surface area (Å²) in [5.74, 6) is 1.31. The van der Waals surface area contributed by atoms with Gasteiger partial charge in [0.2, 0.25) is 0 Å². The molecule has 0 unspecified atom stereocenters. The van der Waals surface area contributed by atoms with E-state index in [2.05, 4.69) is 24.5 Å². The standard InChI is InChI=1S/C15H32N2O3S2/c1-3-10-19-12-8-17-14-15(18)7-5-6-11-20-22-21-13-9-16-4-2/h16-17H,3-14H2,1-2H3. The second-order valence-corrected chi connectivity index (χ2v) is 6.98. The lowest BCUT2D eigenvalue weighted by Crippen LogP contribution is -2.26. The van der Waals surface area contributed by atoms with E-state index in [1.807, 2.05) is 0 Å². The van der Waals surface area contributed by atoms with Gasteiger partial charge in [0.15, 0.2) is 0 Å². The van der Waals surface area contributed by atoms with Gasteiger partial charge in [-0.3, -0.25) is 4.79 Å². The highest BCUT2D eigenvalue weighted by atomic mass is 33.1. The van der Waals surface area contributed by atoms with Gasteiger partial charge in [-0.1, -0.05) is 24.6 Å². The molecule has 0 radical (unpaired) electrons. The Morgan fingerprint density at radius 1 is 1.05 bits per heavy atom. The molecule has 0 bridgehead atoms. The first kappa shape index (κ1) is 22.2. The van der Waals surface area contributed by atoms with Gasteiger partial charge in [-0.25, -0.2) is 0 Å². The van der Waals surface area contributed by atoms with Gasteiger partial charge in [-0.15, -0.1) is 0 Å². The number of unbranched alkanes of at least 4 members (excludes halogenated alkanes) is 1. The largest absolute Gasteiger partial charge is 0.380 e. The van der Waals surface area contributed by atoms with Crippen LogP contribution in [0.25, 0.3) is 0 Å². The monoisotopic (exact) mass is 352 g/mol. The molecule has 2 N–H and O–H groups in total. The van der Waals surface area contributed by atoms with E-state index in [0.717, 1.165) is 51.3 Å². The van der Waals surface area contributed by atoms with E-state index in [1.165, 1.54) is 11.1 Å². The molecule has 0 aromatic heterocycles. The smallest absolute Gasteiger partial charge is 0.146 e. The molecule has 0 spiro atoms. The van der Waals surface area contributed by atoms with Gasteiger partial charge < -0.3 is 19.6 Å². The molecule has 0 fully saturated rings. The molecule has 7 heteroatoms. The first-order valence-corrected chi connectivity index (χ1v) is 10.5. The average molecular weight is 353 g/mol. The number of rotatable bonds is 18. The van der Waals surface area contributed by atoms with Crippen LogP contribution < -0.4 is 10.6 Å². The molecule has 0 aromatic carbocycles. The van der Waals surface area contributed by atoms with Crippen molar-refractivity contribution in [2.75, 3.05) is 51.8 Å². The molecular formula is C15H32N2O3S2. The first-order valence-electron chi connectivity index (χ1n) is 8.23. The number of nitrogens with one attached hydrogen (secondary N) is 2. The minimum atomic E-state index is 0.267. The van der Waals surface area contributed by atoms with Crippen LogP contribution in [0.3, 0.4) is 0 Å². The Labute approximate surface area is 143 Å². The minimum Gasteiger partial charge on any atom is -0.380 e. The van der Waals surface area contributed by atoms with Crippen LogP contribution in [-0.4, -0.2) is 57.5 Å². The Morgan fingerprint density at radius 2 is 1.91 bits per heavy atom. The number of Topliss-reactive ketones (excluding diaryl/α,β-unsaturated/α-hetero) is 1. The highest BCUT2D eigenvalue weighted by molar-refractivity contribution is 8.74. The first-order chi connectivity index (χ1) is 10.8. The topological polar surface area (TPSA) is 59.6 Å². The molecule has 0 saturated heterocycles. The molecule has 0 saturated carbocycles. The second-order valence-electron chi connectivity index (χ2n) is 4.85. The van der Waals surface area contributed by atoms with Gasteiger partial charge in [0.25, 0.3) is 0 Å². The van der Waals surface area contributed by atoms with Crippen LogP contribution in [0.15, 0.2) is 0 Å². The molecule has 5 nitrogen and oxygen atoms in total. The van der Waals surface area contributed by atoms with Crippen molar-refractivity contribution in [2.24, 2.45) is 0 Å². The highest BCUT2D eigenvalue weighted by Crippen LogP contribution is 2.21. The predicted molar refractivity (Wildman–Crippen MR) is 97.4 cm³/mol. The third-order valence-corrected chi connectivity index (χ3v) is 4.54. The molecular weight excluding hydrogens is 320 g/mol. The summed E-state index contributed by atoms with van der Waals surface area (Å²) in [6.07, 6.45) is 3.50. The summed E-state index contributed by atoms with van der Waals surface area (Å²) in [7, 11) is 1.72. The van der Waals surface area contributed by atoms with E-state index >= 15 is 0 Å². The van der Waals surface area contributed by atoms with Gasteiger partial charge >= 0.3 is 0 Å². The molecule has 0 aliphatic rings. The van der Waals surface area contributed by atoms with Crippen LogP contribution in [0.1, 0.15) is 39.5 Å². The quantitative estimate of drug-likeness (QED) is 0.223. The molecule has 132 valence electrons. The summed E-state index contributed by atoms with van der Waals surface area (Å²) in [5.41, 5.74) is 0. The van der Waals surface area contributed by atoms with Crippen LogP contribution in [0, 0.1) is 0 Å². The van der Waals surface area contributed by atoms with Gasteiger partial charge in [-0.05, 0) is 25.8 Å². The molecule has 0 amide bonds. The van der Waals surface area contributed by atoms with E-state index in [0.29, 0.717) is 26.2 Å². The van der Waals surface area contributed by atoms with Crippen molar-refractivity contribution in [3.05, 3.63) is 0 Å². The van der Waals surface area contributed by atoms with Crippen molar-refractivity contribution in [1.29, 1.82) is 0 Å². The third kappa shape index (κ3) is 18.3. The Hall–Kier alpha value is 0.210. The Kier molecular flexibility index (Phi) is 19.4. The van der Waals surface area contributed by atoms with E-state index in [9.17, 15) is 4.79 Å². The summed E-state index contributed by atoms with van der Waals surface area (Å²) in [6, 6.07) is 0. The number of ether oxygens (including phenoxy) is 1. The Bertz CT molecular complexity index is 247. The van der Waals surface area contributed by atoms with Gasteiger partial charge in [0, 0.05) is 31.9 Å². The maximum absolute atomic E-state index is 11.6. The van der Waals surface area contributed by atoms with Crippen LogP contribution in [0.5, 0.6) is 0 Å². The fourth-order valence-electron chi connectivity index (χ4n) is 1.58. The van der Waals surface area contributed by atoms with Crippen LogP contribution in [0.2, 0.25) is 0 Å². The van der Waals surface area contributed by atoms with Gasteiger partial charge in [0.05, 0.1) is 30.8 Å². The van der Waals surface area contributed by atoms with E-state index in [-0.39, 0.29) is 5.78 Å². The van der Waals surface area contributed by atoms with Crippen molar-refractivity contribution < 1.29 is 13.7 Å². The lowest BCUT2D eigenvalue weighted by Gasteiger charge is -2.05. The second kappa shape index (κ2) is 19.3. The van der Waals surface area contributed by atoms with Crippen molar-refractivity contribution in [3.63, 3.8) is 0 Å². The number of hydrogen-bond acceptors (Lipinski definition) is 7. The lowest BCUT2D eigenvalue weighted by atomic mass is 10.2. The summed E-state index contributed by atoms with van der Waals surface area (Å²) in [5, 5.41) is 6.37. The van der Waals surface area contributed by atoms with Crippen molar-refractivity contribution in [2.45, 2.75) is 39.5 Å². The number of ketones is 1. The van der Waals surface area contributed by atoms with Crippen LogP contribution in [-0.2, 0) is 13.7 Å². The predicted octanol–water partition coefficient (Wildman–Crippen LogP) is 2.66. The molecule has 0 heterocycles. The SMILES string of the molecule is CCCOCCNCC(=O)CCCCOSSCCNCC. The summed E-state index contributed by atoms with van der Waals surface area (Å²) < 4.78 is 10.8. The van der Waals surface area contributed by atoms with Gasteiger partial charge in [-0.2, -0.15) is 0 Å². The highest BCUT2D eigenvalue weighted by Gasteiger charge is 2.01. The van der Waals surface area contributed by atoms with Crippen molar-refractivity contribution in [1.82, 2.24) is 10.6 Å². The third-order valence-electron chi connectivity index (χ3n) is 2.74. The van der Waals surface area contributed by atoms with Crippen molar-refractivity contribution >= 4 is 27.7 Å². The van der Waals surface area contributed by atoms with Crippen LogP contribution >= 0.6 is 21.9 Å². The summed E-state index contributed by atoms with van der Waals surface area (Å²) in [6.45, 7) is 9.60. The lowest BCUT2D eigenvalue weighted by molar-refractivity contribution is -0.118. The Balaban J connectivity index is 3.12. The Morgan fingerprint density at radius 3 is 2.68 bits per heavy atom. The molecule has 0 aliphatic carbocycles. The van der Waals surface area contributed by atoms with Crippen LogP contribution in [0.4, 0.5) is 0 Å². The maximum atomic E-state index is 11.6. The maximum Gasteiger partial charge on any atom is 0.146 e. The van der Waals surface area contributed by atoms with E-state index in [4.69, 9.17) is 8.92 Å². The fourth-order valence-corrected chi connectivity index (χ4v) is 2.99. The summed E-state index contributed by atoms with van der Waals surface area (Å²) in [4.78, 5) is 11.6. The number of carbonyl (C=O) groups excluding carboxylic acids is 1. The minimum absolute atomic E-state index is 0.267. The molecule has 0 aromatic rings. The van der Waals surface area contributed by atoms with E-state index in [1.54, 1.807) is 10.8 Å². The van der Waals surface area contributed by atoms with E-state index < -0.39 is 0 Å². The number of hydrogen-bond donors (Lipinski definition) is 2. The van der Waals surface area contributed by atoms with Crippen molar-refractivity contribution in [3.8, 4) is 0 Å². The average Bonchev–Trinajstić information content (AvgIpc) is 2.52. The zero-order valence-corrected chi connectivity index (χ0v) is 15.7. The normalized spacial score (nSPS) is 11.0. The molecule has 0 rings (SSSR count). The molecule has 22 heavy (non-hydrogen) atoms.